The van der Waals surface area contributed by atoms with Gasteiger partial charge in [-0.2, -0.15) is 0 Å². The maximum absolute atomic E-state index is 14.0. The number of methoxy groups -OCH3 is 1. The zero-order valence-electron chi connectivity index (χ0n) is 24.3. The highest BCUT2D eigenvalue weighted by Crippen LogP contribution is 2.41. The minimum Gasteiger partial charge on any atom is -0.384 e. The molecule has 0 aliphatic heterocycles. The van der Waals surface area contributed by atoms with Crippen molar-refractivity contribution in [2.75, 3.05) is 31.8 Å². The number of benzene rings is 1. The fourth-order valence-corrected chi connectivity index (χ4v) is 9.23. The van der Waals surface area contributed by atoms with E-state index in [1.165, 1.54) is 63.4 Å². The molecule has 1 aromatic carbocycles. The third kappa shape index (κ3) is 11.5. The van der Waals surface area contributed by atoms with Gasteiger partial charge in [-0.1, -0.05) is 99.9 Å². The van der Waals surface area contributed by atoms with Gasteiger partial charge in [0.05, 0.1) is 28.3 Å². The fourth-order valence-electron chi connectivity index (χ4n) is 4.85. The number of ether oxygens (including phenoxy) is 1. The van der Waals surface area contributed by atoms with Crippen LogP contribution in [0.3, 0.4) is 0 Å². The normalized spacial score (nSPS) is 13.9. The molecule has 3 N–H and O–H groups in total. The van der Waals surface area contributed by atoms with Gasteiger partial charge in [-0.3, -0.25) is 4.79 Å². The summed E-state index contributed by atoms with van der Waals surface area (Å²) in [5.74, 6) is -1.65. The molecule has 0 saturated carbocycles. The molecule has 2 rings (SSSR count). The summed E-state index contributed by atoms with van der Waals surface area (Å²) in [5.41, 5.74) is 0.589. The molecule has 2 aromatic rings. The number of carbonyl (C=O) groups is 1. The van der Waals surface area contributed by atoms with E-state index in [0.717, 1.165) is 34.9 Å². The number of nitrogens with zero attached hydrogens (tertiary/aromatic N) is 1. The summed E-state index contributed by atoms with van der Waals surface area (Å²) in [4.78, 5) is 18.5. The summed E-state index contributed by atoms with van der Waals surface area (Å²) in [6.07, 6.45) is 13.4. The second-order valence-electron chi connectivity index (χ2n) is 10.5. The smallest absolute Gasteiger partial charge is 0.248 e. The van der Waals surface area contributed by atoms with Crippen LogP contribution in [0.2, 0.25) is 0 Å². The number of carbonyl (C=O) groups excluding carboxylic acids is 1. The van der Waals surface area contributed by atoms with Crippen molar-refractivity contribution >= 4 is 63.3 Å². The number of rotatable bonds is 22. The van der Waals surface area contributed by atoms with Crippen molar-refractivity contribution in [3.63, 3.8) is 0 Å². The number of nitrogens with two attached hydrogens (primary N) is 1. The van der Waals surface area contributed by atoms with Gasteiger partial charge in [-0.25, -0.2) is 27.0 Å². The lowest BCUT2D eigenvalue weighted by atomic mass is 9.98. The Bertz CT molecular complexity index is 1300. The van der Waals surface area contributed by atoms with E-state index in [0.29, 0.717) is 11.9 Å². The molecule has 13 heteroatoms. The van der Waals surface area contributed by atoms with Crippen LogP contribution in [0.25, 0.3) is 10.2 Å². The van der Waals surface area contributed by atoms with Crippen molar-refractivity contribution in [1.29, 1.82) is 0 Å². The molecule has 0 aliphatic carbocycles. The van der Waals surface area contributed by atoms with Crippen LogP contribution in [0.4, 0.5) is 0 Å². The first-order chi connectivity index (χ1) is 19.5. The predicted octanol–water partition coefficient (Wildman–Crippen LogP) is 5.81. The van der Waals surface area contributed by atoms with Crippen LogP contribution in [-0.4, -0.2) is 59.5 Å². The van der Waals surface area contributed by atoms with E-state index in [1.807, 2.05) is 12.1 Å². The monoisotopic (exact) mass is 695 g/mol. The van der Waals surface area contributed by atoms with E-state index in [1.54, 1.807) is 6.07 Å². The molecule has 1 atom stereocenters. The number of aromatic nitrogens is 1. The number of fused-ring (bicyclic) bond motifs is 1. The van der Waals surface area contributed by atoms with Gasteiger partial charge in [-0.15, -0.1) is 11.3 Å². The molecule has 0 bridgehead atoms. The molecular formula is C28H46BrN3O6S3. The Hall–Kier alpha value is -1.12. The number of halogens is 1. The summed E-state index contributed by atoms with van der Waals surface area (Å²) < 4.78 is 55.6. The number of hydrogen-bond donors (Lipinski definition) is 2. The Morgan fingerprint density at radius 2 is 1.56 bits per heavy atom. The van der Waals surface area contributed by atoms with Crippen molar-refractivity contribution in [2.24, 2.45) is 5.14 Å². The maximum Gasteiger partial charge on any atom is 0.248 e. The van der Waals surface area contributed by atoms with Gasteiger partial charge in [-0.05, 0) is 24.6 Å². The molecule has 234 valence electrons. The Labute approximate surface area is 258 Å². The van der Waals surface area contributed by atoms with Crippen LogP contribution in [0.15, 0.2) is 22.7 Å². The number of sulfonamides is 1. The standard InChI is InChI=1S/C28H46BrN3O6S3/c1-3-4-5-6-7-8-9-10-11-12-13-14-17-28(40(34,35)21-19-38-2,26(33)31-18-20-41(30,36)37)27-32-24-16-15-23(29)22-25(24)39-27/h15-16,22H,3-14,17-21H2,1-2H3,(H,31,33)(H2,30,36,37). The third-order valence-corrected chi connectivity index (χ3v) is 12.1. The van der Waals surface area contributed by atoms with Gasteiger partial charge in [0.2, 0.25) is 20.7 Å². The molecule has 1 aromatic heterocycles. The number of nitrogens with one attached hydrogen (secondary N) is 1. The van der Waals surface area contributed by atoms with Crippen molar-refractivity contribution in [1.82, 2.24) is 10.3 Å². The third-order valence-electron chi connectivity index (χ3n) is 7.20. The maximum atomic E-state index is 14.0. The first-order valence-corrected chi connectivity index (χ1v) is 19.5. The van der Waals surface area contributed by atoms with Gasteiger partial charge in [0, 0.05) is 18.1 Å². The zero-order chi connectivity index (χ0) is 30.4. The average Bonchev–Trinajstić information content (AvgIpc) is 3.32. The predicted molar refractivity (Wildman–Crippen MR) is 171 cm³/mol. The highest BCUT2D eigenvalue weighted by atomic mass is 79.9. The van der Waals surface area contributed by atoms with Gasteiger partial charge in [0.15, 0.2) is 9.84 Å². The van der Waals surface area contributed by atoms with Crippen molar-refractivity contribution in [3.05, 3.63) is 27.7 Å². The van der Waals surface area contributed by atoms with Gasteiger partial charge in [0.25, 0.3) is 0 Å². The summed E-state index contributed by atoms with van der Waals surface area (Å²) >= 11 is 4.60. The lowest BCUT2D eigenvalue weighted by molar-refractivity contribution is -0.124. The molecule has 0 fully saturated rings. The number of unbranched alkanes of at least 4 members (excludes halogenated alkanes) is 11. The van der Waals surface area contributed by atoms with Crippen molar-refractivity contribution < 1.29 is 26.4 Å². The lowest BCUT2D eigenvalue weighted by Gasteiger charge is -2.30. The summed E-state index contributed by atoms with van der Waals surface area (Å²) in [5, 5.41) is 7.84. The fraction of sp³-hybridized carbons (Fsp3) is 0.714. The average molecular weight is 697 g/mol. The summed E-state index contributed by atoms with van der Waals surface area (Å²) in [7, 11) is -6.56. The zero-order valence-corrected chi connectivity index (χ0v) is 28.4. The van der Waals surface area contributed by atoms with Crippen LogP contribution in [0.5, 0.6) is 0 Å². The van der Waals surface area contributed by atoms with Crippen LogP contribution >= 0.6 is 27.3 Å². The van der Waals surface area contributed by atoms with Gasteiger partial charge in [0.1, 0.15) is 5.01 Å². The highest BCUT2D eigenvalue weighted by Gasteiger charge is 2.53. The second-order valence-corrected chi connectivity index (χ2v) is 16.5. The van der Waals surface area contributed by atoms with E-state index in [9.17, 15) is 21.6 Å². The van der Waals surface area contributed by atoms with Crippen molar-refractivity contribution in [2.45, 2.75) is 95.1 Å². The lowest BCUT2D eigenvalue weighted by Crippen LogP contribution is -2.52. The molecule has 9 nitrogen and oxygen atoms in total. The quantitative estimate of drug-likeness (QED) is 0.148. The topological polar surface area (TPSA) is 146 Å². The first-order valence-electron chi connectivity index (χ1n) is 14.5. The number of hydrogen-bond acceptors (Lipinski definition) is 8. The molecule has 0 spiro atoms. The molecule has 41 heavy (non-hydrogen) atoms. The Morgan fingerprint density at radius 3 is 2.12 bits per heavy atom. The molecular weight excluding hydrogens is 650 g/mol. The van der Waals surface area contributed by atoms with E-state index < -0.39 is 36.3 Å². The summed E-state index contributed by atoms with van der Waals surface area (Å²) in [6.45, 7) is 1.84. The number of amides is 1. The molecule has 0 radical (unpaired) electrons. The molecule has 1 amide bonds. The largest absolute Gasteiger partial charge is 0.384 e. The Morgan fingerprint density at radius 1 is 0.976 bits per heavy atom. The first kappa shape index (κ1) is 36.1. The Balaban J connectivity index is 2.22. The minimum absolute atomic E-state index is 0.0404. The molecule has 1 heterocycles. The minimum atomic E-state index is -4.12. The van der Waals surface area contributed by atoms with E-state index in [4.69, 9.17) is 9.88 Å². The number of thiazole rings is 1. The Kier molecular flexibility index (Phi) is 15.7. The van der Waals surface area contributed by atoms with Crippen LogP contribution in [0, 0.1) is 0 Å². The van der Waals surface area contributed by atoms with Gasteiger partial charge >= 0.3 is 0 Å². The molecule has 0 saturated heterocycles. The molecule has 0 aliphatic rings. The highest BCUT2D eigenvalue weighted by molar-refractivity contribution is 9.10. The van der Waals surface area contributed by atoms with Gasteiger partial charge < -0.3 is 10.1 Å². The van der Waals surface area contributed by atoms with E-state index in [2.05, 4.69) is 33.2 Å². The van der Waals surface area contributed by atoms with Crippen LogP contribution in [0.1, 0.15) is 95.4 Å². The number of primary sulfonamides is 1. The molecule has 1 unspecified atom stereocenters. The van der Waals surface area contributed by atoms with E-state index >= 15 is 0 Å². The number of sulfone groups is 1. The van der Waals surface area contributed by atoms with E-state index in [-0.39, 0.29) is 30.3 Å². The van der Waals surface area contributed by atoms with Crippen LogP contribution in [-0.2, 0) is 34.1 Å². The summed E-state index contributed by atoms with van der Waals surface area (Å²) in [6, 6.07) is 5.42. The van der Waals surface area contributed by atoms with Crippen LogP contribution < -0.4 is 10.5 Å². The second kappa shape index (κ2) is 17.9. The SMILES string of the molecule is CCCCCCCCCCCCCCC(C(=O)NCCS(N)(=O)=O)(c1nc2ccc(Br)cc2s1)S(=O)(=O)CCOC. The van der Waals surface area contributed by atoms with Crippen molar-refractivity contribution in [3.8, 4) is 0 Å².